The standard InChI is InChI=1S/C19H17ClN2O3S2/c1-24-11-4-7-17(25-2)14(8-11)16-10-27-19(21-16)22-18(23)13-9-12(26-3)5-6-15(13)20/h4-10H,1-3H3,(H,21,22,23). The van der Waals surface area contributed by atoms with Gasteiger partial charge in [-0.15, -0.1) is 23.1 Å². The van der Waals surface area contributed by atoms with Gasteiger partial charge in [0.2, 0.25) is 0 Å². The van der Waals surface area contributed by atoms with Gasteiger partial charge in [0.1, 0.15) is 11.5 Å². The third-order valence-corrected chi connectivity index (χ3v) is 5.64. The van der Waals surface area contributed by atoms with Crippen LogP contribution in [0.4, 0.5) is 5.13 Å². The Morgan fingerprint density at radius 3 is 2.70 bits per heavy atom. The number of thioether (sulfide) groups is 1. The van der Waals surface area contributed by atoms with Crippen LogP contribution in [0.5, 0.6) is 11.5 Å². The molecule has 0 saturated heterocycles. The Hall–Kier alpha value is -2.22. The van der Waals surface area contributed by atoms with Crippen molar-refractivity contribution in [2.45, 2.75) is 4.90 Å². The topological polar surface area (TPSA) is 60.5 Å². The molecule has 0 fully saturated rings. The number of nitrogens with one attached hydrogen (secondary N) is 1. The molecule has 5 nitrogen and oxygen atoms in total. The van der Waals surface area contributed by atoms with E-state index in [-0.39, 0.29) is 5.91 Å². The minimum absolute atomic E-state index is 0.297. The Balaban J connectivity index is 1.86. The summed E-state index contributed by atoms with van der Waals surface area (Å²) in [6.07, 6.45) is 1.94. The predicted molar refractivity (Wildman–Crippen MR) is 112 cm³/mol. The first-order valence-corrected chi connectivity index (χ1v) is 10.4. The number of amides is 1. The lowest BCUT2D eigenvalue weighted by atomic mass is 10.1. The molecule has 1 heterocycles. The number of carbonyl (C=O) groups excluding carboxylic acids is 1. The number of benzene rings is 2. The second-order valence-electron chi connectivity index (χ2n) is 5.40. The van der Waals surface area contributed by atoms with Crippen LogP contribution >= 0.6 is 34.7 Å². The molecule has 0 saturated carbocycles. The van der Waals surface area contributed by atoms with Crippen molar-refractivity contribution in [2.75, 3.05) is 25.8 Å². The zero-order chi connectivity index (χ0) is 19.4. The summed E-state index contributed by atoms with van der Waals surface area (Å²) in [5, 5.41) is 5.54. The number of methoxy groups -OCH3 is 2. The quantitative estimate of drug-likeness (QED) is 0.537. The number of thiazole rings is 1. The zero-order valence-corrected chi connectivity index (χ0v) is 17.3. The van der Waals surface area contributed by atoms with Crippen molar-refractivity contribution in [3.63, 3.8) is 0 Å². The summed E-state index contributed by atoms with van der Waals surface area (Å²) in [7, 11) is 3.20. The molecule has 2 aromatic carbocycles. The zero-order valence-electron chi connectivity index (χ0n) is 14.9. The third-order valence-electron chi connectivity index (χ3n) is 3.83. The molecule has 0 radical (unpaired) electrons. The van der Waals surface area contributed by atoms with Crippen LogP contribution in [-0.2, 0) is 0 Å². The van der Waals surface area contributed by atoms with Crippen molar-refractivity contribution in [2.24, 2.45) is 0 Å². The van der Waals surface area contributed by atoms with E-state index < -0.39 is 0 Å². The molecule has 3 aromatic rings. The van der Waals surface area contributed by atoms with Crippen molar-refractivity contribution in [3.05, 3.63) is 52.4 Å². The van der Waals surface area contributed by atoms with Crippen molar-refractivity contribution in [3.8, 4) is 22.8 Å². The van der Waals surface area contributed by atoms with E-state index in [1.165, 1.54) is 11.3 Å². The minimum Gasteiger partial charge on any atom is -0.497 e. The fourth-order valence-electron chi connectivity index (χ4n) is 2.44. The fourth-order valence-corrected chi connectivity index (χ4v) is 3.79. The molecule has 27 heavy (non-hydrogen) atoms. The van der Waals surface area contributed by atoms with Gasteiger partial charge in [-0.25, -0.2) is 4.98 Å². The Morgan fingerprint density at radius 1 is 1.19 bits per heavy atom. The van der Waals surface area contributed by atoms with Gasteiger partial charge in [0.15, 0.2) is 5.13 Å². The molecular weight excluding hydrogens is 404 g/mol. The summed E-state index contributed by atoms with van der Waals surface area (Å²) in [6.45, 7) is 0. The molecule has 3 rings (SSSR count). The summed E-state index contributed by atoms with van der Waals surface area (Å²) in [4.78, 5) is 18.1. The minimum atomic E-state index is -0.297. The van der Waals surface area contributed by atoms with E-state index in [9.17, 15) is 4.79 Å². The highest BCUT2D eigenvalue weighted by molar-refractivity contribution is 7.98. The first kappa shape index (κ1) is 19.5. The summed E-state index contributed by atoms with van der Waals surface area (Å²) >= 11 is 9.05. The number of rotatable bonds is 6. The SMILES string of the molecule is COc1ccc(OC)c(-c2csc(NC(=O)c3cc(SC)ccc3Cl)n2)c1. The highest BCUT2D eigenvalue weighted by Gasteiger charge is 2.16. The number of halogens is 1. The van der Waals surface area contributed by atoms with Crippen molar-refractivity contribution in [1.29, 1.82) is 0 Å². The average Bonchev–Trinajstić information content (AvgIpc) is 3.16. The van der Waals surface area contributed by atoms with E-state index in [0.717, 1.165) is 10.5 Å². The molecule has 0 aliphatic rings. The largest absolute Gasteiger partial charge is 0.497 e. The van der Waals surface area contributed by atoms with Gasteiger partial charge in [0, 0.05) is 15.8 Å². The maximum atomic E-state index is 12.6. The van der Waals surface area contributed by atoms with Crippen LogP contribution in [0.2, 0.25) is 5.02 Å². The van der Waals surface area contributed by atoms with E-state index in [1.54, 1.807) is 38.1 Å². The first-order chi connectivity index (χ1) is 13.0. The van der Waals surface area contributed by atoms with E-state index >= 15 is 0 Å². The Morgan fingerprint density at radius 2 is 2.00 bits per heavy atom. The normalized spacial score (nSPS) is 10.5. The van der Waals surface area contributed by atoms with Gasteiger partial charge in [-0.1, -0.05) is 11.6 Å². The molecule has 0 aliphatic carbocycles. The summed E-state index contributed by atoms with van der Waals surface area (Å²) in [5.74, 6) is 1.08. The molecule has 1 amide bonds. The van der Waals surface area contributed by atoms with Crippen LogP contribution in [0, 0.1) is 0 Å². The molecule has 1 aromatic heterocycles. The van der Waals surface area contributed by atoms with E-state index in [4.69, 9.17) is 21.1 Å². The van der Waals surface area contributed by atoms with Crippen LogP contribution in [0.3, 0.4) is 0 Å². The predicted octanol–water partition coefficient (Wildman–Crippen LogP) is 5.45. The van der Waals surface area contributed by atoms with Gasteiger partial charge in [-0.3, -0.25) is 10.1 Å². The van der Waals surface area contributed by atoms with Gasteiger partial charge in [0.05, 0.1) is 30.5 Å². The molecule has 0 spiro atoms. The lowest BCUT2D eigenvalue weighted by molar-refractivity contribution is 0.102. The number of hydrogen-bond donors (Lipinski definition) is 1. The van der Waals surface area contributed by atoms with Gasteiger partial charge in [-0.05, 0) is 42.7 Å². The van der Waals surface area contributed by atoms with Crippen LogP contribution in [0.25, 0.3) is 11.3 Å². The first-order valence-electron chi connectivity index (χ1n) is 7.88. The van der Waals surface area contributed by atoms with Crippen LogP contribution in [0.15, 0.2) is 46.7 Å². The van der Waals surface area contributed by atoms with Crippen LogP contribution in [0.1, 0.15) is 10.4 Å². The van der Waals surface area contributed by atoms with Crippen LogP contribution < -0.4 is 14.8 Å². The molecule has 0 bridgehead atoms. The molecule has 0 unspecified atom stereocenters. The number of hydrogen-bond acceptors (Lipinski definition) is 6. The van der Waals surface area contributed by atoms with Crippen molar-refractivity contribution >= 4 is 45.7 Å². The van der Waals surface area contributed by atoms with E-state index in [1.807, 2.05) is 35.9 Å². The van der Waals surface area contributed by atoms with Gasteiger partial charge in [0.25, 0.3) is 5.91 Å². The summed E-state index contributed by atoms with van der Waals surface area (Å²) in [6, 6.07) is 10.8. The number of nitrogens with zero attached hydrogens (tertiary/aromatic N) is 1. The van der Waals surface area contributed by atoms with E-state index in [0.29, 0.717) is 32.9 Å². The maximum Gasteiger partial charge on any atom is 0.258 e. The Labute approximate surface area is 170 Å². The number of anilines is 1. The number of aromatic nitrogens is 1. The monoisotopic (exact) mass is 420 g/mol. The lowest BCUT2D eigenvalue weighted by Gasteiger charge is -2.08. The highest BCUT2D eigenvalue weighted by Crippen LogP contribution is 2.35. The number of carbonyl (C=O) groups is 1. The molecule has 8 heteroatoms. The van der Waals surface area contributed by atoms with Crippen molar-refractivity contribution < 1.29 is 14.3 Å². The average molecular weight is 421 g/mol. The molecule has 0 atom stereocenters. The van der Waals surface area contributed by atoms with E-state index in [2.05, 4.69) is 10.3 Å². The number of ether oxygens (including phenoxy) is 2. The maximum absolute atomic E-state index is 12.6. The van der Waals surface area contributed by atoms with Crippen molar-refractivity contribution in [1.82, 2.24) is 4.98 Å². The second-order valence-corrected chi connectivity index (χ2v) is 7.55. The second kappa shape index (κ2) is 8.65. The van der Waals surface area contributed by atoms with Gasteiger partial charge >= 0.3 is 0 Å². The molecule has 0 aliphatic heterocycles. The summed E-state index contributed by atoms with van der Waals surface area (Å²) < 4.78 is 10.7. The fraction of sp³-hybridized carbons (Fsp3) is 0.158. The van der Waals surface area contributed by atoms with Crippen LogP contribution in [-0.4, -0.2) is 31.4 Å². The molecule has 1 N–H and O–H groups in total. The smallest absolute Gasteiger partial charge is 0.258 e. The Kier molecular flexibility index (Phi) is 6.26. The van der Waals surface area contributed by atoms with Gasteiger partial charge in [-0.2, -0.15) is 0 Å². The lowest BCUT2D eigenvalue weighted by Crippen LogP contribution is -2.12. The summed E-state index contributed by atoms with van der Waals surface area (Å²) in [5.41, 5.74) is 1.89. The Bertz CT molecular complexity index is 975. The third kappa shape index (κ3) is 4.37. The molecule has 140 valence electrons. The molecular formula is C19H17ClN2O3S2. The van der Waals surface area contributed by atoms with Gasteiger partial charge < -0.3 is 9.47 Å². The highest BCUT2D eigenvalue weighted by atomic mass is 35.5.